The van der Waals surface area contributed by atoms with Gasteiger partial charge in [-0.3, -0.25) is 9.10 Å². The number of ether oxygens (including phenoxy) is 1. The van der Waals surface area contributed by atoms with Gasteiger partial charge in [0.1, 0.15) is 0 Å². The smallest absolute Gasteiger partial charge is 0.338 e. The number of esters is 1. The lowest BCUT2D eigenvalue weighted by atomic mass is 9.97. The number of anilines is 2. The third-order valence-electron chi connectivity index (χ3n) is 5.88. The van der Waals surface area contributed by atoms with Crippen LogP contribution < -0.4 is 9.62 Å². The number of para-hydroxylation sites is 2. The van der Waals surface area contributed by atoms with Crippen LogP contribution in [0.2, 0.25) is 0 Å². The van der Waals surface area contributed by atoms with Crippen LogP contribution in [0.3, 0.4) is 0 Å². The second kappa shape index (κ2) is 11.2. The van der Waals surface area contributed by atoms with E-state index in [0.29, 0.717) is 11.4 Å². The summed E-state index contributed by atoms with van der Waals surface area (Å²) in [5.74, 6) is -0.902. The number of carbonyl (C=O) groups excluding carboxylic acids is 2. The Bertz CT molecular complexity index is 1270. The van der Waals surface area contributed by atoms with Crippen LogP contribution in [-0.4, -0.2) is 33.4 Å². The highest BCUT2D eigenvalue weighted by atomic mass is 32.2. The fraction of sp³-hybridized carbons (Fsp3) is 0.259. The Kier molecular flexibility index (Phi) is 8.30. The Hall–Kier alpha value is -3.65. The van der Waals surface area contributed by atoms with Crippen LogP contribution in [-0.2, 0) is 19.6 Å². The van der Waals surface area contributed by atoms with Crippen molar-refractivity contribution >= 4 is 33.3 Å². The summed E-state index contributed by atoms with van der Waals surface area (Å²) < 4.78 is 32.3. The average Bonchev–Trinajstić information content (AvgIpc) is 2.88. The van der Waals surface area contributed by atoms with Crippen molar-refractivity contribution < 1.29 is 22.7 Å². The summed E-state index contributed by atoms with van der Waals surface area (Å²) in [5.41, 5.74) is 2.36. The number of hydrogen-bond acceptors (Lipinski definition) is 5. The number of nitrogens with zero attached hydrogens (tertiary/aromatic N) is 1. The van der Waals surface area contributed by atoms with Crippen molar-refractivity contribution in [1.29, 1.82) is 0 Å². The summed E-state index contributed by atoms with van der Waals surface area (Å²) in [6, 6.07) is 21.7. The Morgan fingerprint density at radius 1 is 0.914 bits per heavy atom. The molecule has 184 valence electrons. The first-order valence-corrected chi connectivity index (χ1v) is 12.8. The van der Waals surface area contributed by atoms with Crippen molar-refractivity contribution in [3.63, 3.8) is 0 Å². The molecule has 2 unspecified atom stereocenters. The number of rotatable bonds is 9. The quantitative estimate of drug-likeness (QED) is 0.412. The minimum Gasteiger partial charge on any atom is -0.449 e. The summed E-state index contributed by atoms with van der Waals surface area (Å²) in [6.45, 7) is 5.65. The van der Waals surface area contributed by atoms with Crippen molar-refractivity contribution in [3.05, 3.63) is 90.0 Å². The Morgan fingerprint density at radius 3 is 2.14 bits per heavy atom. The summed E-state index contributed by atoms with van der Waals surface area (Å²) in [6.07, 6.45) is -0.121. The zero-order valence-corrected chi connectivity index (χ0v) is 21.1. The van der Waals surface area contributed by atoms with E-state index in [0.717, 1.165) is 12.0 Å². The Labute approximate surface area is 206 Å². The SMILES string of the molecule is CCC(C)c1ccccc1NC(=O)C(C)OC(=O)c1ccc(S(=O)(=O)N(C)c2ccccc2)cc1. The van der Waals surface area contributed by atoms with E-state index < -0.39 is 28.0 Å². The zero-order valence-electron chi connectivity index (χ0n) is 20.3. The molecule has 0 aromatic heterocycles. The molecule has 0 radical (unpaired) electrons. The van der Waals surface area contributed by atoms with E-state index in [1.807, 2.05) is 24.3 Å². The van der Waals surface area contributed by atoms with Crippen LogP contribution in [0, 0.1) is 0 Å². The van der Waals surface area contributed by atoms with Crippen molar-refractivity contribution in [2.24, 2.45) is 0 Å². The van der Waals surface area contributed by atoms with Gasteiger partial charge in [0.25, 0.3) is 15.9 Å². The molecule has 0 fully saturated rings. The molecule has 0 heterocycles. The first-order valence-electron chi connectivity index (χ1n) is 11.4. The van der Waals surface area contributed by atoms with Gasteiger partial charge in [-0.05, 0) is 67.3 Å². The van der Waals surface area contributed by atoms with Gasteiger partial charge in [0.2, 0.25) is 0 Å². The second-order valence-electron chi connectivity index (χ2n) is 8.27. The fourth-order valence-corrected chi connectivity index (χ4v) is 4.67. The number of benzene rings is 3. The molecule has 2 atom stereocenters. The van der Waals surface area contributed by atoms with E-state index in [-0.39, 0.29) is 16.4 Å². The minimum absolute atomic E-state index is 0.0350. The maximum absolute atomic E-state index is 12.9. The minimum atomic E-state index is -3.80. The monoisotopic (exact) mass is 494 g/mol. The van der Waals surface area contributed by atoms with Gasteiger partial charge in [0, 0.05) is 12.7 Å². The summed E-state index contributed by atoms with van der Waals surface area (Å²) >= 11 is 0. The van der Waals surface area contributed by atoms with Crippen LogP contribution >= 0.6 is 0 Å². The van der Waals surface area contributed by atoms with Gasteiger partial charge < -0.3 is 10.1 Å². The highest BCUT2D eigenvalue weighted by molar-refractivity contribution is 7.92. The molecule has 0 saturated heterocycles. The first kappa shape index (κ1) is 26.0. The van der Waals surface area contributed by atoms with Gasteiger partial charge >= 0.3 is 5.97 Å². The molecule has 8 heteroatoms. The van der Waals surface area contributed by atoms with Crippen LogP contribution in [0.1, 0.15) is 49.0 Å². The van der Waals surface area contributed by atoms with E-state index >= 15 is 0 Å². The molecule has 0 spiro atoms. The molecular weight excluding hydrogens is 464 g/mol. The van der Waals surface area contributed by atoms with Crippen molar-refractivity contribution in [1.82, 2.24) is 0 Å². The normalized spacial score (nSPS) is 12.9. The first-order chi connectivity index (χ1) is 16.6. The number of amides is 1. The van der Waals surface area contributed by atoms with E-state index in [4.69, 9.17) is 4.74 Å². The molecule has 0 aliphatic rings. The van der Waals surface area contributed by atoms with Crippen molar-refractivity contribution in [2.45, 2.75) is 44.1 Å². The third-order valence-corrected chi connectivity index (χ3v) is 7.68. The standard InChI is InChI=1S/C27H30N2O5S/c1-5-19(2)24-13-9-10-14-25(24)28-26(30)20(3)34-27(31)21-15-17-23(18-16-21)35(32,33)29(4)22-11-7-6-8-12-22/h6-20H,5H2,1-4H3,(H,28,30). The fourth-order valence-electron chi connectivity index (χ4n) is 3.47. The maximum Gasteiger partial charge on any atom is 0.338 e. The van der Waals surface area contributed by atoms with Gasteiger partial charge in [-0.25, -0.2) is 13.2 Å². The molecule has 3 aromatic carbocycles. The van der Waals surface area contributed by atoms with Gasteiger partial charge in [0.15, 0.2) is 6.10 Å². The number of hydrogen-bond donors (Lipinski definition) is 1. The van der Waals surface area contributed by atoms with E-state index in [9.17, 15) is 18.0 Å². The second-order valence-corrected chi connectivity index (χ2v) is 10.2. The molecule has 0 aliphatic carbocycles. The Morgan fingerprint density at radius 2 is 1.51 bits per heavy atom. The Balaban J connectivity index is 1.67. The van der Waals surface area contributed by atoms with Crippen LogP contribution in [0.5, 0.6) is 0 Å². The number of sulfonamides is 1. The summed E-state index contributed by atoms with van der Waals surface area (Å²) in [7, 11) is -2.34. The largest absolute Gasteiger partial charge is 0.449 e. The molecule has 3 aromatic rings. The third kappa shape index (κ3) is 6.08. The molecule has 1 amide bonds. The number of carbonyl (C=O) groups is 2. The zero-order chi connectivity index (χ0) is 25.6. The highest BCUT2D eigenvalue weighted by Crippen LogP contribution is 2.27. The van der Waals surface area contributed by atoms with Crippen LogP contribution in [0.15, 0.2) is 83.8 Å². The molecule has 35 heavy (non-hydrogen) atoms. The average molecular weight is 495 g/mol. The van der Waals surface area contributed by atoms with Crippen LogP contribution in [0.25, 0.3) is 0 Å². The molecular formula is C27H30N2O5S. The van der Waals surface area contributed by atoms with Crippen molar-refractivity contribution in [2.75, 3.05) is 16.7 Å². The van der Waals surface area contributed by atoms with Crippen LogP contribution in [0.4, 0.5) is 11.4 Å². The molecule has 0 saturated carbocycles. The lowest BCUT2D eigenvalue weighted by Gasteiger charge is -2.20. The molecule has 7 nitrogen and oxygen atoms in total. The predicted molar refractivity (Wildman–Crippen MR) is 137 cm³/mol. The predicted octanol–water partition coefficient (Wildman–Crippen LogP) is 5.21. The maximum atomic E-state index is 12.9. The lowest BCUT2D eigenvalue weighted by Crippen LogP contribution is -2.30. The van der Waals surface area contributed by atoms with Gasteiger partial charge in [-0.1, -0.05) is 50.2 Å². The topological polar surface area (TPSA) is 92.8 Å². The van der Waals surface area contributed by atoms with E-state index in [1.54, 1.807) is 30.3 Å². The van der Waals surface area contributed by atoms with E-state index in [1.165, 1.54) is 42.5 Å². The lowest BCUT2D eigenvalue weighted by molar-refractivity contribution is -0.123. The molecule has 3 rings (SSSR count). The molecule has 0 bridgehead atoms. The molecule has 1 N–H and O–H groups in total. The van der Waals surface area contributed by atoms with Gasteiger partial charge in [-0.2, -0.15) is 0 Å². The van der Waals surface area contributed by atoms with Crippen molar-refractivity contribution in [3.8, 4) is 0 Å². The summed E-state index contributed by atoms with van der Waals surface area (Å²) in [4.78, 5) is 25.3. The van der Waals surface area contributed by atoms with E-state index in [2.05, 4.69) is 19.2 Å². The summed E-state index contributed by atoms with van der Waals surface area (Å²) in [5, 5.41) is 2.84. The van der Waals surface area contributed by atoms with Gasteiger partial charge in [0.05, 0.1) is 16.1 Å². The number of nitrogens with one attached hydrogen (secondary N) is 1. The highest BCUT2D eigenvalue weighted by Gasteiger charge is 2.23. The molecule has 0 aliphatic heterocycles. The van der Waals surface area contributed by atoms with Gasteiger partial charge in [-0.15, -0.1) is 0 Å².